The van der Waals surface area contributed by atoms with Gasteiger partial charge in [0, 0.05) is 6.04 Å². The van der Waals surface area contributed by atoms with Crippen molar-refractivity contribution in [3.63, 3.8) is 0 Å². The Morgan fingerprint density at radius 3 is 2.95 bits per heavy atom. The molecule has 0 aliphatic heterocycles. The van der Waals surface area contributed by atoms with Crippen LogP contribution in [0.1, 0.15) is 38.6 Å². The molecule has 1 fully saturated rings. The lowest BCUT2D eigenvalue weighted by Gasteiger charge is -2.36. The van der Waals surface area contributed by atoms with Gasteiger partial charge in [0.15, 0.2) is 0 Å². The van der Waals surface area contributed by atoms with E-state index in [0.717, 1.165) is 18.0 Å². The summed E-state index contributed by atoms with van der Waals surface area (Å²) >= 11 is 0. The zero-order chi connectivity index (χ0) is 13.2. The molecule has 2 aromatic rings. The molecule has 1 saturated carbocycles. The zero-order valence-corrected chi connectivity index (χ0v) is 11.6. The molecule has 2 N–H and O–H groups in total. The highest BCUT2D eigenvalue weighted by Gasteiger charge is 2.30. The minimum Gasteiger partial charge on any atom is -0.330 e. The first kappa shape index (κ1) is 12.7. The van der Waals surface area contributed by atoms with Gasteiger partial charge in [-0.25, -0.2) is 4.98 Å². The summed E-state index contributed by atoms with van der Waals surface area (Å²) in [6.07, 6.45) is 7.13. The van der Waals surface area contributed by atoms with Gasteiger partial charge in [-0.15, -0.1) is 0 Å². The quantitative estimate of drug-likeness (QED) is 0.916. The molecule has 0 spiro atoms. The van der Waals surface area contributed by atoms with Gasteiger partial charge in [-0.2, -0.15) is 0 Å². The topological polar surface area (TPSA) is 43.8 Å². The van der Waals surface area contributed by atoms with Crippen molar-refractivity contribution in [3.05, 3.63) is 30.6 Å². The third kappa shape index (κ3) is 2.27. The van der Waals surface area contributed by atoms with Crippen LogP contribution in [-0.4, -0.2) is 16.1 Å². The van der Waals surface area contributed by atoms with Gasteiger partial charge >= 0.3 is 0 Å². The van der Waals surface area contributed by atoms with Gasteiger partial charge in [0.1, 0.15) is 0 Å². The molecular formula is C16H23N3. The molecule has 1 aromatic heterocycles. The van der Waals surface area contributed by atoms with Gasteiger partial charge < -0.3 is 10.3 Å². The van der Waals surface area contributed by atoms with Crippen molar-refractivity contribution < 1.29 is 0 Å². The molecule has 3 unspecified atom stereocenters. The van der Waals surface area contributed by atoms with E-state index in [0.29, 0.717) is 12.0 Å². The van der Waals surface area contributed by atoms with Gasteiger partial charge in [0.25, 0.3) is 0 Å². The largest absolute Gasteiger partial charge is 0.330 e. The Balaban J connectivity index is 1.97. The molecule has 1 heterocycles. The minimum absolute atomic E-state index is 0.524. The Labute approximate surface area is 114 Å². The summed E-state index contributed by atoms with van der Waals surface area (Å²) in [6.45, 7) is 3.09. The minimum atomic E-state index is 0.524. The third-order valence-electron chi connectivity index (χ3n) is 4.78. The summed E-state index contributed by atoms with van der Waals surface area (Å²) in [5.41, 5.74) is 8.34. The van der Waals surface area contributed by atoms with Gasteiger partial charge in [-0.3, -0.25) is 0 Å². The molecule has 19 heavy (non-hydrogen) atoms. The standard InChI is InChI=1S/C16H23N3/c1-2-12-7-8-13(10-17)16(9-12)19-11-18-14-5-3-4-6-15(14)19/h3-6,11-13,16H,2,7-10,17H2,1H3. The Hall–Kier alpha value is -1.35. The van der Waals surface area contributed by atoms with Crippen LogP contribution in [0.25, 0.3) is 11.0 Å². The van der Waals surface area contributed by atoms with Crippen LogP contribution in [-0.2, 0) is 0 Å². The van der Waals surface area contributed by atoms with E-state index < -0.39 is 0 Å². The Morgan fingerprint density at radius 2 is 2.16 bits per heavy atom. The molecule has 3 atom stereocenters. The van der Waals surface area contributed by atoms with Crippen LogP contribution in [0.2, 0.25) is 0 Å². The van der Waals surface area contributed by atoms with Gasteiger partial charge in [0.05, 0.1) is 17.4 Å². The molecule has 0 saturated heterocycles. The zero-order valence-electron chi connectivity index (χ0n) is 11.6. The highest BCUT2D eigenvalue weighted by molar-refractivity contribution is 5.75. The number of rotatable bonds is 3. The molecule has 0 radical (unpaired) electrons. The molecule has 3 nitrogen and oxygen atoms in total. The smallest absolute Gasteiger partial charge is 0.0961 e. The number of fused-ring (bicyclic) bond motifs is 1. The molecule has 102 valence electrons. The Kier molecular flexibility index (Phi) is 3.56. The maximum Gasteiger partial charge on any atom is 0.0961 e. The normalized spacial score (nSPS) is 27.8. The predicted molar refractivity (Wildman–Crippen MR) is 78.9 cm³/mol. The van der Waals surface area contributed by atoms with Crippen molar-refractivity contribution >= 4 is 11.0 Å². The second-order valence-corrected chi connectivity index (χ2v) is 5.79. The Bertz CT molecular complexity index is 546. The van der Waals surface area contributed by atoms with Crippen LogP contribution in [0.5, 0.6) is 0 Å². The van der Waals surface area contributed by atoms with Crippen molar-refractivity contribution in [1.29, 1.82) is 0 Å². The average Bonchev–Trinajstić information content (AvgIpc) is 2.90. The number of benzene rings is 1. The molecule has 1 aliphatic rings. The first-order chi connectivity index (χ1) is 9.33. The second-order valence-electron chi connectivity index (χ2n) is 5.79. The number of hydrogen-bond acceptors (Lipinski definition) is 2. The van der Waals surface area contributed by atoms with E-state index in [9.17, 15) is 0 Å². The van der Waals surface area contributed by atoms with Crippen LogP contribution >= 0.6 is 0 Å². The molecule has 0 bridgehead atoms. The number of nitrogens with zero attached hydrogens (tertiary/aromatic N) is 2. The number of imidazole rings is 1. The monoisotopic (exact) mass is 257 g/mol. The summed E-state index contributed by atoms with van der Waals surface area (Å²) in [5.74, 6) is 1.44. The number of aromatic nitrogens is 2. The van der Waals surface area contributed by atoms with Gasteiger partial charge in [0.2, 0.25) is 0 Å². The molecule has 3 rings (SSSR count). The third-order valence-corrected chi connectivity index (χ3v) is 4.78. The number of hydrogen-bond donors (Lipinski definition) is 1. The summed E-state index contributed by atoms with van der Waals surface area (Å²) in [7, 11) is 0. The van der Waals surface area contributed by atoms with E-state index in [-0.39, 0.29) is 0 Å². The van der Waals surface area contributed by atoms with Crippen LogP contribution in [0.3, 0.4) is 0 Å². The van der Waals surface area contributed by atoms with Gasteiger partial charge in [-0.1, -0.05) is 25.5 Å². The Morgan fingerprint density at radius 1 is 1.32 bits per heavy atom. The lowest BCUT2D eigenvalue weighted by atomic mass is 9.77. The average molecular weight is 257 g/mol. The molecule has 3 heteroatoms. The lowest BCUT2D eigenvalue weighted by molar-refractivity contribution is 0.188. The summed E-state index contributed by atoms with van der Waals surface area (Å²) < 4.78 is 2.37. The fourth-order valence-corrected chi connectivity index (χ4v) is 3.52. The molecule has 1 aromatic carbocycles. The van der Waals surface area contributed by atoms with E-state index in [4.69, 9.17) is 5.73 Å². The lowest BCUT2D eigenvalue weighted by Crippen LogP contribution is -2.32. The van der Waals surface area contributed by atoms with Crippen molar-refractivity contribution in [2.24, 2.45) is 17.6 Å². The van der Waals surface area contributed by atoms with E-state index in [2.05, 4.69) is 40.7 Å². The van der Waals surface area contributed by atoms with E-state index in [1.807, 2.05) is 6.33 Å². The van der Waals surface area contributed by atoms with E-state index in [1.54, 1.807) is 0 Å². The fourth-order valence-electron chi connectivity index (χ4n) is 3.52. The van der Waals surface area contributed by atoms with E-state index in [1.165, 1.54) is 31.2 Å². The second kappa shape index (κ2) is 5.33. The van der Waals surface area contributed by atoms with E-state index >= 15 is 0 Å². The predicted octanol–water partition coefficient (Wildman–Crippen LogP) is 3.36. The van der Waals surface area contributed by atoms with Crippen LogP contribution in [0.15, 0.2) is 30.6 Å². The van der Waals surface area contributed by atoms with Crippen LogP contribution in [0.4, 0.5) is 0 Å². The number of nitrogens with two attached hydrogens (primary N) is 1. The fraction of sp³-hybridized carbons (Fsp3) is 0.562. The maximum atomic E-state index is 6.00. The van der Waals surface area contributed by atoms with Crippen LogP contribution in [0, 0.1) is 11.8 Å². The van der Waals surface area contributed by atoms with Crippen molar-refractivity contribution in [3.8, 4) is 0 Å². The highest BCUT2D eigenvalue weighted by Crippen LogP contribution is 2.39. The van der Waals surface area contributed by atoms with Crippen molar-refractivity contribution in [1.82, 2.24) is 9.55 Å². The van der Waals surface area contributed by atoms with Crippen molar-refractivity contribution in [2.75, 3.05) is 6.54 Å². The first-order valence-corrected chi connectivity index (χ1v) is 7.45. The van der Waals surface area contributed by atoms with Crippen molar-refractivity contribution in [2.45, 2.75) is 38.6 Å². The number of para-hydroxylation sites is 2. The highest BCUT2D eigenvalue weighted by atomic mass is 15.1. The summed E-state index contributed by atoms with van der Waals surface area (Å²) in [4.78, 5) is 4.54. The summed E-state index contributed by atoms with van der Waals surface area (Å²) in [5, 5.41) is 0. The molecule has 0 amide bonds. The summed E-state index contributed by atoms with van der Waals surface area (Å²) in [6, 6.07) is 8.93. The SMILES string of the molecule is CCC1CCC(CN)C(n2cnc3ccccc32)C1. The molecule has 1 aliphatic carbocycles. The first-order valence-electron chi connectivity index (χ1n) is 7.45. The maximum absolute atomic E-state index is 6.00. The van der Waals surface area contributed by atoms with Crippen LogP contribution < -0.4 is 5.73 Å². The van der Waals surface area contributed by atoms with Gasteiger partial charge in [-0.05, 0) is 49.8 Å². The molecular weight excluding hydrogens is 234 g/mol.